The molecule has 0 fully saturated rings. The van der Waals surface area contributed by atoms with E-state index in [0.29, 0.717) is 6.79 Å². The minimum atomic E-state index is 0.314. The fraction of sp³-hybridized carbons (Fsp3) is 0.235. The second kappa shape index (κ2) is 4.81. The van der Waals surface area contributed by atoms with Crippen molar-refractivity contribution in [3.05, 3.63) is 47.5 Å². The van der Waals surface area contributed by atoms with Gasteiger partial charge in [0.2, 0.25) is 12.5 Å². The third kappa shape index (κ3) is 2.03. The Kier molecular flexibility index (Phi) is 2.81. The van der Waals surface area contributed by atoms with E-state index in [4.69, 9.17) is 14.2 Å². The Hall–Kier alpha value is -2.49. The third-order valence-electron chi connectivity index (χ3n) is 3.95. The molecule has 2 heterocycles. The fourth-order valence-corrected chi connectivity index (χ4v) is 2.87. The van der Waals surface area contributed by atoms with Crippen molar-refractivity contribution >= 4 is 11.9 Å². The molecule has 2 aromatic carbocycles. The van der Waals surface area contributed by atoms with Crippen molar-refractivity contribution in [1.82, 2.24) is 0 Å². The predicted octanol–water partition coefficient (Wildman–Crippen LogP) is 2.74. The number of benzene rings is 2. The lowest BCUT2D eigenvalue weighted by molar-refractivity contribution is -0.437. The fourth-order valence-electron chi connectivity index (χ4n) is 2.87. The van der Waals surface area contributed by atoms with E-state index in [1.54, 1.807) is 7.11 Å². The summed E-state index contributed by atoms with van der Waals surface area (Å²) in [6.45, 7) is 1.24. The average molecular weight is 282 g/mol. The molecule has 0 saturated carbocycles. The van der Waals surface area contributed by atoms with Crippen LogP contribution in [0.3, 0.4) is 0 Å². The number of rotatable bonds is 2. The van der Waals surface area contributed by atoms with Gasteiger partial charge in [-0.15, -0.1) is 0 Å². The lowest BCUT2D eigenvalue weighted by Gasteiger charge is -2.14. The molecule has 2 aliphatic rings. The van der Waals surface area contributed by atoms with Crippen molar-refractivity contribution in [3.63, 3.8) is 0 Å². The van der Waals surface area contributed by atoms with Crippen LogP contribution in [-0.4, -0.2) is 31.2 Å². The highest BCUT2D eigenvalue weighted by Gasteiger charge is 2.24. The summed E-state index contributed by atoms with van der Waals surface area (Å²) in [6, 6.07) is 12.2. The van der Waals surface area contributed by atoms with Crippen LogP contribution < -0.4 is 14.2 Å². The predicted molar refractivity (Wildman–Crippen MR) is 79.2 cm³/mol. The second-order valence-electron chi connectivity index (χ2n) is 5.15. The van der Waals surface area contributed by atoms with Crippen LogP contribution in [0.15, 0.2) is 36.4 Å². The van der Waals surface area contributed by atoms with Gasteiger partial charge in [-0.3, -0.25) is 0 Å². The number of nitrogens with zero attached hydrogens (tertiary/aromatic N) is 1. The summed E-state index contributed by atoms with van der Waals surface area (Å²) in [5.41, 5.74) is 3.56. The zero-order valence-electron chi connectivity index (χ0n) is 11.8. The maximum absolute atomic E-state index is 5.46. The van der Waals surface area contributed by atoms with E-state index >= 15 is 0 Å². The lowest BCUT2D eigenvalue weighted by atomic mass is 10.0. The normalized spacial score (nSPS) is 15.4. The van der Waals surface area contributed by atoms with Crippen molar-refractivity contribution in [2.24, 2.45) is 0 Å². The smallest absolute Gasteiger partial charge is 0.247 e. The molecule has 0 saturated heterocycles. The summed E-state index contributed by atoms with van der Waals surface area (Å²) < 4.78 is 18.6. The Labute approximate surface area is 123 Å². The number of para-hydroxylation sites is 2. The molecule has 0 aromatic heterocycles. The van der Waals surface area contributed by atoms with E-state index in [-0.39, 0.29) is 0 Å². The Balaban J connectivity index is 1.79. The Morgan fingerprint density at radius 1 is 1.10 bits per heavy atom. The summed E-state index contributed by atoms with van der Waals surface area (Å²) in [7, 11) is 1.70. The number of fused-ring (bicyclic) bond motifs is 2. The molecule has 2 aliphatic heterocycles. The molecule has 2 aromatic rings. The molecule has 0 N–H and O–H groups in total. The first-order valence-corrected chi connectivity index (χ1v) is 7.02. The van der Waals surface area contributed by atoms with Gasteiger partial charge in [-0.1, -0.05) is 12.1 Å². The SMILES string of the molecule is COc1ccccc1[N+]1=Cc2cc3c(cc2CC1)OCO3. The van der Waals surface area contributed by atoms with Gasteiger partial charge in [-0.05, 0) is 23.8 Å². The van der Waals surface area contributed by atoms with Gasteiger partial charge < -0.3 is 14.2 Å². The molecule has 4 nitrogen and oxygen atoms in total. The zero-order chi connectivity index (χ0) is 14.2. The first kappa shape index (κ1) is 12.3. The molecule has 0 bridgehead atoms. The highest BCUT2D eigenvalue weighted by molar-refractivity contribution is 5.82. The second-order valence-corrected chi connectivity index (χ2v) is 5.15. The van der Waals surface area contributed by atoms with E-state index in [1.165, 1.54) is 11.1 Å². The number of hydrogen-bond acceptors (Lipinski definition) is 3. The average Bonchev–Trinajstić information content (AvgIpc) is 2.99. The molecule has 0 radical (unpaired) electrons. The Bertz CT molecular complexity index is 737. The molecular formula is C17H16NO3+. The topological polar surface area (TPSA) is 30.7 Å². The first-order chi connectivity index (χ1) is 10.3. The highest BCUT2D eigenvalue weighted by Crippen LogP contribution is 2.36. The standard InChI is InChI=1S/C17H16NO3/c1-19-15-5-3-2-4-14(15)18-7-6-12-8-16-17(21-11-20-16)9-13(12)10-18/h2-5,8-10H,6-7,11H2,1H3/q+1. The molecule has 0 spiro atoms. The van der Waals surface area contributed by atoms with E-state index in [2.05, 4.69) is 29.0 Å². The minimum Gasteiger partial charge on any atom is -0.490 e. The molecule has 0 aliphatic carbocycles. The summed E-state index contributed by atoms with van der Waals surface area (Å²) >= 11 is 0. The molecule has 21 heavy (non-hydrogen) atoms. The van der Waals surface area contributed by atoms with Crippen LogP contribution in [0.1, 0.15) is 11.1 Å². The summed E-state index contributed by atoms with van der Waals surface area (Å²) in [5, 5.41) is 0. The van der Waals surface area contributed by atoms with Crippen molar-refractivity contribution < 1.29 is 18.8 Å². The number of ether oxygens (including phenoxy) is 3. The van der Waals surface area contributed by atoms with Gasteiger partial charge in [0.1, 0.15) is 0 Å². The Morgan fingerprint density at radius 3 is 2.76 bits per heavy atom. The molecule has 4 heteroatoms. The van der Waals surface area contributed by atoms with E-state index in [0.717, 1.165) is 35.9 Å². The maximum Gasteiger partial charge on any atom is 0.247 e. The van der Waals surface area contributed by atoms with Gasteiger partial charge in [0.25, 0.3) is 0 Å². The van der Waals surface area contributed by atoms with Crippen molar-refractivity contribution in [2.45, 2.75) is 6.42 Å². The van der Waals surface area contributed by atoms with Gasteiger partial charge >= 0.3 is 0 Å². The van der Waals surface area contributed by atoms with Gasteiger partial charge in [0.15, 0.2) is 30.0 Å². The molecular weight excluding hydrogens is 266 g/mol. The van der Waals surface area contributed by atoms with Crippen LogP contribution in [0.25, 0.3) is 0 Å². The zero-order valence-corrected chi connectivity index (χ0v) is 11.8. The summed E-state index contributed by atoms with van der Waals surface area (Å²) in [6.07, 6.45) is 3.12. The van der Waals surface area contributed by atoms with Crippen molar-refractivity contribution in [2.75, 3.05) is 20.4 Å². The van der Waals surface area contributed by atoms with Crippen molar-refractivity contribution in [3.8, 4) is 17.2 Å². The highest BCUT2D eigenvalue weighted by atomic mass is 16.7. The van der Waals surface area contributed by atoms with E-state index in [9.17, 15) is 0 Å². The van der Waals surface area contributed by atoms with Crippen LogP contribution in [-0.2, 0) is 6.42 Å². The molecule has 0 amide bonds. The summed E-state index contributed by atoms with van der Waals surface area (Å²) in [5.74, 6) is 2.57. The quantitative estimate of drug-likeness (QED) is 0.794. The monoisotopic (exact) mass is 282 g/mol. The first-order valence-electron chi connectivity index (χ1n) is 7.02. The maximum atomic E-state index is 5.46. The molecule has 106 valence electrons. The largest absolute Gasteiger partial charge is 0.490 e. The van der Waals surface area contributed by atoms with Crippen LogP contribution in [0.2, 0.25) is 0 Å². The van der Waals surface area contributed by atoms with Gasteiger partial charge in [-0.25, -0.2) is 0 Å². The minimum absolute atomic E-state index is 0.314. The van der Waals surface area contributed by atoms with E-state index < -0.39 is 0 Å². The third-order valence-corrected chi connectivity index (χ3v) is 3.95. The van der Waals surface area contributed by atoms with Crippen LogP contribution in [0.4, 0.5) is 5.69 Å². The van der Waals surface area contributed by atoms with E-state index in [1.807, 2.05) is 18.2 Å². The van der Waals surface area contributed by atoms with Crippen molar-refractivity contribution in [1.29, 1.82) is 0 Å². The van der Waals surface area contributed by atoms with Crippen LogP contribution >= 0.6 is 0 Å². The van der Waals surface area contributed by atoms with Crippen LogP contribution in [0.5, 0.6) is 17.2 Å². The molecule has 0 atom stereocenters. The lowest BCUT2D eigenvalue weighted by Crippen LogP contribution is -2.19. The van der Waals surface area contributed by atoms with Gasteiger partial charge in [-0.2, -0.15) is 4.58 Å². The molecule has 4 rings (SSSR count). The van der Waals surface area contributed by atoms with Gasteiger partial charge in [0, 0.05) is 18.1 Å². The Morgan fingerprint density at radius 2 is 1.90 bits per heavy atom. The van der Waals surface area contributed by atoms with Crippen LogP contribution in [0, 0.1) is 0 Å². The molecule has 0 unspecified atom stereocenters. The number of hydrogen-bond donors (Lipinski definition) is 0. The summed E-state index contributed by atoms with van der Waals surface area (Å²) in [4.78, 5) is 0. The van der Waals surface area contributed by atoms with Gasteiger partial charge in [0.05, 0.1) is 7.11 Å². The number of methoxy groups -OCH3 is 1.